The lowest BCUT2D eigenvalue weighted by atomic mass is 9.87. The van der Waals surface area contributed by atoms with Crippen LogP contribution in [0.4, 0.5) is 0 Å². The number of ether oxygens (including phenoxy) is 1. The lowest BCUT2D eigenvalue weighted by Crippen LogP contribution is -2.10. The van der Waals surface area contributed by atoms with E-state index in [1.807, 2.05) is 6.08 Å². The van der Waals surface area contributed by atoms with Crippen molar-refractivity contribution in [1.29, 1.82) is 0 Å². The van der Waals surface area contributed by atoms with Crippen molar-refractivity contribution >= 4 is 29.6 Å². The first kappa shape index (κ1) is 19.3. The van der Waals surface area contributed by atoms with E-state index in [4.69, 9.17) is 17.4 Å². The van der Waals surface area contributed by atoms with Gasteiger partial charge in [0, 0.05) is 35.0 Å². The van der Waals surface area contributed by atoms with Gasteiger partial charge in [0.1, 0.15) is 0 Å². The molecule has 0 amide bonds. The van der Waals surface area contributed by atoms with Crippen LogP contribution in [0.5, 0.6) is 0 Å². The molecule has 0 radical (unpaired) electrons. The molecule has 0 saturated heterocycles. The molecule has 1 aliphatic rings. The van der Waals surface area contributed by atoms with Gasteiger partial charge in [0.2, 0.25) is 0 Å². The Labute approximate surface area is 163 Å². The number of rotatable bonds is 9. The number of thiol groups is 1. The quantitative estimate of drug-likeness (QED) is 0.325. The molecule has 0 fully saturated rings. The Morgan fingerprint density at radius 3 is 2.96 bits per heavy atom. The van der Waals surface area contributed by atoms with Crippen LogP contribution in [0.3, 0.4) is 0 Å². The standard InChI is InChI=1S/C23H31NOS/c1-4-8-19(26)15-17-11-12-21-20(16-17)23-18(5-2)9-7-10-22(23)24(21)13-14-25-6-3/h4,7,10-12,16,18-19,26H,1,5-6,8-9,13-15H2,2-3H3. The molecule has 2 atom stereocenters. The third kappa shape index (κ3) is 3.94. The van der Waals surface area contributed by atoms with Gasteiger partial charge in [0.05, 0.1) is 6.61 Å². The molecule has 2 nitrogen and oxygen atoms in total. The Balaban J connectivity index is 2.04. The minimum atomic E-state index is 0.336. The first-order valence-electron chi connectivity index (χ1n) is 9.87. The summed E-state index contributed by atoms with van der Waals surface area (Å²) < 4.78 is 8.09. The number of hydrogen-bond donors (Lipinski definition) is 1. The molecule has 1 aromatic heterocycles. The predicted octanol–water partition coefficient (Wildman–Crippen LogP) is 6.01. The SMILES string of the molecule is C=CCC(S)Cc1ccc2c(c1)c1c(n2CCOCC)C=CCC1CC. The molecule has 1 aromatic carbocycles. The lowest BCUT2D eigenvalue weighted by molar-refractivity contribution is 0.139. The zero-order valence-corrected chi connectivity index (χ0v) is 17.0. The van der Waals surface area contributed by atoms with Crippen molar-refractivity contribution in [3.05, 3.63) is 53.8 Å². The van der Waals surface area contributed by atoms with Crippen LogP contribution in [-0.4, -0.2) is 23.0 Å². The van der Waals surface area contributed by atoms with Crippen LogP contribution in [0, 0.1) is 0 Å². The van der Waals surface area contributed by atoms with Gasteiger partial charge in [-0.15, -0.1) is 6.58 Å². The van der Waals surface area contributed by atoms with Crippen LogP contribution < -0.4 is 0 Å². The first-order valence-corrected chi connectivity index (χ1v) is 10.4. The number of allylic oxidation sites excluding steroid dienone is 2. The maximum absolute atomic E-state index is 5.64. The minimum absolute atomic E-state index is 0.336. The molecule has 0 N–H and O–H groups in total. The summed E-state index contributed by atoms with van der Waals surface area (Å²) in [6.07, 6.45) is 10.8. The highest BCUT2D eigenvalue weighted by molar-refractivity contribution is 7.80. The summed E-state index contributed by atoms with van der Waals surface area (Å²) in [5.74, 6) is 0.612. The zero-order valence-electron chi connectivity index (χ0n) is 16.1. The number of nitrogens with zero attached hydrogens (tertiary/aromatic N) is 1. The van der Waals surface area contributed by atoms with E-state index < -0.39 is 0 Å². The summed E-state index contributed by atoms with van der Waals surface area (Å²) in [5, 5.41) is 1.76. The third-order valence-electron chi connectivity index (χ3n) is 5.38. The van der Waals surface area contributed by atoms with Gasteiger partial charge in [-0.25, -0.2) is 0 Å². The van der Waals surface area contributed by atoms with Crippen molar-refractivity contribution in [3.8, 4) is 0 Å². The van der Waals surface area contributed by atoms with Crippen molar-refractivity contribution in [2.75, 3.05) is 13.2 Å². The van der Waals surface area contributed by atoms with Gasteiger partial charge in [-0.1, -0.05) is 25.1 Å². The molecule has 2 aromatic rings. The number of fused-ring (bicyclic) bond motifs is 3. The van der Waals surface area contributed by atoms with Gasteiger partial charge in [-0.2, -0.15) is 12.6 Å². The summed E-state index contributed by atoms with van der Waals surface area (Å²) in [4.78, 5) is 0. The Kier molecular flexibility index (Phi) is 6.66. The summed E-state index contributed by atoms with van der Waals surface area (Å²) in [5.41, 5.74) is 5.61. The van der Waals surface area contributed by atoms with Gasteiger partial charge in [0.15, 0.2) is 0 Å². The van der Waals surface area contributed by atoms with Crippen LogP contribution in [0.1, 0.15) is 55.8 Å². The van der Waals surface area contributed by atoms with E-state index in [2.05, 4.69) is 55.3 Å². The fraction of sp³-hybridized carbons (Fsp3) is 0.478. The van der Waals surface area contributed by atoms with Gasteiger partial charge in [-0.3, -0.25) is 0 Å². The van der Waals surface area contributed by atoms with Gasteiger partial charge >= 0.3 is 0 Å². The van der Waals surface area contributed by atoms with Gasteiger partial charge in [0.25, 0.3) is 0 Å². The molecule has 3 rings (SSSR count). The largest absolute Gasteiger partial charge is 0.380 e. The molecule has 3 heteroatoms. The maximum atomic E-state index is 5.64. The van der Waals surface area contributed by atoms with E-state index in [0.29, 0.717) is 11.2 Å². The Hall–Kier alpha value is -1.45. The van der Waals surface area contributed by atoms with Crippen molar-refractivity contribution in [2.24, 2.45) is 0 Å². The molecule has 26 heavy (non-hydrogen) atoms. The van der Waals surface area contributed by atoms with Crippen LogP contribution in [0.2, 0.25) is 0 Å². The number of hydrogen-bond acceptors (Lipinski definition) is 2. The van der Waals surface area contributed by atoms with E-state index in [-0.39, 0.29) is 0 Å². The Bertz CT molecular complexity index is 789. The van der Waals surface area contributed by atoms with Crippen molar-refractivity contribution < 1.29 is 4.74 Å². The Morgan fingerprint density at radius 1 is 1.38 bits per heavy atom. The van der Waals surface area contributed by atoms with Crippen LogP contribution in [0.25, 0.3) is 17.0 Å². The van der Waals surface area contributed by atoms with Crippen LogP contribution >= 0.6 is 12.6 Å². The van der Waals surface area contributed by atoms with Gasteiger partial charge < -0.3 is 9.30 Å². The van der Waals surface area contributed by atoms with Crippen molar-refractivity contribution in [2.45, 2.75) is 57.2 Å². The summed E-state index contributed by atoms with van der Waals surface area (Å²) >= 11 is 4.71. The average Bonchev–Trinajstić information content (AvgIpc) is 2.95. The van der Waals surface area contributed by atoms with Crippen molar-refractivity contribution in [3.63, 3.8) is 0 Å². The lowest BCUT2D eigenvalue weighted by Gasteiger charge is -2.19. The molecule has 2 unspecified atom stereocenters. The van der Waals surface area contributed by atoms with Crippen molar-refractivity contribution in [1.82, 2.24) is 4.57 Å². The van der Waals surface area contributed by atoms with Gasteiger partial charge in [-0.05, 0) is 67.9 Å². The second-order valence-corrected chi connectivity index (χ2v) is 7.85. The summed E-state index contributed by atoms with van der Waals surface area (Å²) in [6, 6.07) is 6.96. The molecule has 0 saturated carbocycles. The summed E-state index contributed by atoms with van der Waals surface area (Å²) in [7, 11) is 0. The fourth-order valence-electron chi connectivity index (χ4n) is 4.10. The van der Waals surface area contributed by atoms with E-state index in [1.54, 1.807) is 0 Å². The molecule has 1 aliphatic carbocycles. The molecule has 140 valence electrons. The first-order chi connectivity index (χ1) is 12.7. The molecular weight excluding hydrogens is 338 g/mol. The Morgan fingerprint density at radius 2 is 2.23 bits per heavy atom. The maximum Gasteiger partial charge on any atom is 0.0645 e. The second-order valence-electron chi connectivity index (χ2n) is 7.12. The minimum Gasteiger partial charge on any atom is -0.380 e. The monoisotopic (exact) mass is 369 g/mol. The molecular formula is C23H31NOS. The summed E-state index contributed by atoms with van der Waals surface area (Å²) in [6.45, 7) is 10.6. The third-order valence-corrected chi connectivity index (χ3v) is 5.77. The zero-order chi connectivity index (χ0) is 18.5. The van der Waals surface area contributed by atoms with Crippen LogP contribution in [-0.2, 0) is 17.7 Å². The molecule has 0 spiro atoms. The number of benzene rings is 1. The van der Waals surface area contributed by atoms with E-state index in [0.717, 1.165) is 39.0 Å². The highest BCUT2D eigenvalue weighted by atomic mass is 32.1. The average molecular weight is 370 g/mol. The molecule has 1 heterocycles. The van der Waals surface area contributed by atoms with E-state index >= 15 is 0 Å². The fourth-order valence-corrected chi connectivity index (χ4v) is 4.46. The second kappa shape index (κ2) is 8.96. The molecule has 0 aliphatic heterocycles. The number of aromatic nitrogens is 1. The topological polar surface area (TPSA) is 14.2 Å². The normalized spacial score (nSPS) is 17.4. The predicted molar refractivity (Wildman–Crippen MR) is 116 cm³/mol. The smallest absolute Gasteiger partial charge is 0.0645 e. The highest BCUT2D eigenvalue weighted by Gasteiger charge is 2.24. The highest BCUT2D eigenvalue weighted by Crippen LogP contribution is 2.40. The van der Waals surface area contributed by atoms with E-state index in [1.165, 1.54) is 34.1 Å². The van der Waals surface area contributed by atoms with Crippen LogP contribution in [0.15, 0.2) is 36.9 Å². The van der Waals surface area contributed by atoms with E-state index in [9.17, 15) is 0 Å². The molecule has 0 bridgehead atoms.